The molecule has 0 radical (unpaired) electrons. The quantitative estimate of drug-likeness (QED) is 0.764. The average molecular weight is 378 g/mol. The lowest BCUT2D eigenvalue weighted by molar-refractivity contribution is -0.138. The van der Waals surface area contributed by atoms with Crippen molar-refractivity contribution in [1.82, 2.24) is 0 Å². The van der Waals surface area contributed by atoms with E-state index in [1.807, 2.05) is 12.1 Å². The van der Waals surface area contributed by atoms with Crippen LogP contribution in [0.5, 0.6) is 0 Å². The van der Waals surface area contributed by atoms with E-state index in [1.165, 1.54) is 10.9 Å². The standard InChI is InChI=1S/C15H15BrF3NS/c1-2-10-4-5-11(21-10)8-14(20)9-3-6-13(16)12(7-9)15(17,18)19/h3-7,14H,2,8,20H2,1H3. The molecule has 2 N–H and O–H groups in total. The summed E-state index contributed by atoms with van der Waals surface area (Å²) in [4.78, 5) is 2.35. The number of alkyl halides is 3. The van der Waals surface area contributed by atoms with Crippen molar-refractivity contribution in [2.24, 2.45) is 5.73 Å². The zero-order valence-electron chi connectivity index (χ0n) is 11.4. The lowest BCUT2D eigenvalue weighted by atomic mass is 10.0. The van der Waals surface area contributed by atoms with Crippen molar-refractivity contribution in [3.63, 3.8) is 0 Å². The van der Waals surface area contributed by atoms with Gasteiger partial charge in [0.15, 0.2) is 0 Å². The Hall–Kier alpha value is -0.850. The summed E-state index contributed by atoms with van der Waals surface area (Å²) in [6.45, 7) is 2.07. The van der Waals surface area contributed by atoms with Crippen LogP contribution in [0.4, 0.5) is 13.2 Å². The molecule has 2 rings (SSSR count). The van der Waals surface area contributed by atoms with Gasteiger partial charge in [-0.15, -0.1) is 11.3 Å². The minimum atomic E-state index is -4.38. The second-order valence-corrected chi connectivity index (χ2v) is 6.88. The molecule has 0 aliphatic carbocycles. The molecule has 21 heavy (non-hydrogen) atoms. The molecular weight excluding hydrogens is 363 g/mol. The highest BCUT2D eigenvalue weighted by Gasteiger charge is 2.33. The molecule has 0 saturated heterocycles. The summed E-state index contributed by atoms with van der Waals surface area (Å²) in [5.41, 5.74) is 5.88. The van der Waals surface area contributed by atoms with Crippen LogP contribution in [-0.4, -0.2) is 0 Å². The first-order valence-corrected chi connectivity index (χ1v) is 8.12. The molecule has 0 aliphatic rings. The van der Waals surface area contributed by atoms with E-state index in [9.17, 15) is 13.2 Å². The molecule has 1 unspecified atom stereocenters. The van der Waals surface area contributed by atoms with Crippen LogP contribution in [0.15, 0.2) is 34.8 Å². The number of rotatable bonds is 4. The monoisotopic (exact) mass is 377 g/mol. The number of benzene rings is 1. The van der Waals surface area contributed by atoms with Crippen LogP contribution in [0.1, 0.15) is 33.8 Å². The molecule has 0 amide bonds. The number of hydrogen-bond acceptors (Lipinski definition) is 2. The predicted octanol–water partition coefficient (Wildman–Crippen LogP) is 5.33. The fourth-order valence-corrected chi connectivity index (χ4v) is 3.53. The summed E-state index contributed by atoms with van der Waals surface area (Å²) in [5.74, 6) is 0. The molecule has 2 aromatic rings. The van der Waals surface area contributed by atoms with E-state index in [-0.39, 0.29) is 4.47 Å². The normalized spacial score (nSPS) is 13.4. The Kier molecular flexibility index (Phi) is 5.11. The predicted molar refractivity (Wildman–Crippen MR) is 83.5 cm³/mol. The topological polar surface area (TPSA) is 26.0 Å². The van der Waals surface area contributed by atoms with Gasteiger partial charge in [-0.1, -0.05) is 28.9 Å². The second-order valence-electron chi connectivity index (χ2n) is 4.77. The minimum Gasteiger partial charge on any atom is -0.324 e. The first-order chi connectivity index (χ1) is 9.81. The van der Waals surface area contributed by atoms with Crippen molar-refractivity contribution in [2.75, 3.05) is 0 Å². The van der Waals surface area contributed by atoms with E-state index in [4.69, 9.17) is 5.73 Å². The van der Waals surface area contributed by atoms with Gasteiger partial charge in [0, 0.05) is 26.7 Å². The molecule has 0 spiro atoms. The Morgan fingerprint density at radius 2 is 1.86 bits per heavy atom. The number of aryl methyl sites for hydroxylation is 1. The number of hydrogen-bond donors (Lipinski definition) is 1. The van der Waals surface area contributed by atoms with E-state index < -0.39 is 17.8 Å². The van der Waals surface area contributed by atoms with Gasteiger partial charge in [0.1, 0.15) is 0 Å². The summed E-state index contributed by atoms with van der Waals surface area (Å²) in [6, 6.07) is 7.76. The fourth-order valence-electron chi connectivity index (χ4n) is 2.05. The van der Waals surface area contributed by atoms with Gasteiger partial charge in [0.25, 0.3) is 0 Å². The zero-order chi connectivity index (χ0) is 15.6. The van der Waals surface area contributed by atoms with Crippen LogP contribution in [0.2, 0.25) is 0 Å². The second kappa shape index (κ2) is 6.50. The highest BCUT2D eigenvalue weighted by atomic mass is 79.9. The number of nitrogens with two attached hydrogens (primary N) is 1. The van der Waals surface area contributed by atoms with E-state index in [0.29, 0.717) is 12.0 Å². The first-order valence-electron chi connectivity index (χ1n) is 6.51. The fraction of sp³-hybridized carbons (Fsp3) is 0.333. The summed E-state index contributed by atoms with van der Waals surface area (Å²) < 4.78 is 38.7. The molecule has 0 aliphatic heterocycles. The highest BCUT2D eigenvalue weighted by molar-refractivity contribution is 9.10. The summed E-state index contributed by atoms with van der Waals surface area (Å²) >= 11 is 4.59. The highest BCUT2D eigenvalue weighted by Crippen LogP contribution is 2.36. The van der Waals surface area contributed by atoms with Crippen LogP contribution < -0.4 is 5.73 Å². The van der Waals surface area contributed by atoms with Crippen molar-refractivity contribution in [3.05, 3.63) is 55.7 Å². The average Bonchev–Trinajstić information content (AvgIpc) is 2.85. The summed E-state index contributed by atoms with van der Waals surface area (Å²) in [6.07, 6.45) is -2.88. The summed E-state index contributed by atoms with van der Waals surface area (Å²) in [7, 11) is 0. The number of halogens is 4. The van der Waals surface area contributed by atoms with Gasteiger partial charge < -0.3 is 5.73 Å². The van der Waals surface area contributed by atoms with E-state index >= 15 is 0 Å². The van der Waals surface area contributed by atoms with Gasteiger partial charge in [-0.05, 0) is 36.2 Å². The van der Waals surface area contributed by atoms with Crippen molar-refractivity contribution < 1.29 is 13.2 Å². The maximum Gasteiger partial charge on any atom is 0.417 e. The van der Waals surface area contributed by atoms with Crippen molar-refractivity contribution in [3.8, 4) is 0 Å². The van der Waals surface area contributed by atoms with Gasteiger partial charge in [-0.3, -0.25) is 0 Å². The summed E-state index contributed by atoms with van der Waals surface area (Å²) in [5, 5.41) is 0. The van der Waals surface area contributed by atoms with Crippen LogP contribution in [0, 0.1) is 0 Å². The Morgan fingerprint density at radius 3 is 2.43 bits per heavy atom. The Labute approximate surface area is 134 Å². The van der Waals surface area contributed by atoms with Crippen LogP contribution in [-0.2, 0) is 19.0 Å². The van der Waals surface area contributed by atoms with Crippen molar-refractivity contribution in [1.29, 1.82) is 0 Å². The largest absolute Gasteiger partial charge is 0.417 e. The zero-order valence-corrected chi connectivity index (χ0v) is 13.8. The SMILES string of the molecule is CCc1ccc(CC(N)c2ccc(Br)c(C(F)(F)F)c2)s1. The Morgan fingerprint density at radius 1 is 1.19 bits per heavy atom. The Balaban J connectivity index is 2.21. The minimum absolute atomic E-state index is 0.0374. The third-order valence-corrected chi connectivity index (χ3v) is 5.15. The molecule has 114 valence electrons. The first kappa shape index (κ1) is 16.5. The molecule has 6 heteroatoms. The van der Waals surface area contributed by atoms with Gasteiger partial charge in [0.2, 0.25) is 0 Å². The van der Waals surface area contributed by atoms with Crippen molar-refractivity contribution in [2.45, 2.75) is 32.0 Å². The molecular formula is C15H15BrF3NS. The van der Waals surface area contributed by atoms with Crippen LogP contribution in [0.25, 0.3) is 0 Å². The molecule has 1 aromatic heterocycles. The maximum absolute atomic E-state index is 12.9. The van der Waals surface area contributed by atoms with E-state index in [1.54, 1.807) is 17.4 Å². The van der Waals surface area contributed by atoms with Gasteiger partial charge in [0.05, 0.1) is 5.56 Å². The van der Waals surface area contributed by atoms with Gasteiger partial charge >= 0.3 is 6.18 Å². The maximum atomic E-state index is 12.9. The molecule has 0 bridgehead atoms. The lowest BCUT2D eigenvalue weighted by Gasteiger charge is -2.15. The van der Waals surface area contributed by atoms with Crippen LogP contribution in [0.3, 0.4) is 0 Å². The van der Waals surface area contributed by atoms with Gasteiger partial charge in [-0.25, -0.2) is 0 Å². The van der Waals surface area contributed by atoms with Gasteiger partial charge in [-0.2, -0.15) is 13.2 Å². The molecule has 1 nitrogen and oxygen atoms in total. The third kappa shape index (κ3) is 4.08. The van der Waals surface area contributed by atoms with E-state index in [2.05, 4.69) is 22.9 Å². The molecule has 1 aromatic carbocycles. The molecule has 1 heterocycles. The molecule has 0 saturated carbocycles. The Bertz CT molecular complexity index is 622. The smallest absolute Gasteiger partial charge is 0.324 e. The lowest BCUT2D eigenvalue weighted by Crippen LogP contribution is -2.15. The number of thiophene rings is 1. The van der Waals surface area contributed by atoms with Crippen LogP contribution >= 0.6 is 27.3 Å². The third-order valence-electron chi connectivity index (χ3n) is 3.21. The van der Waals surface area contributed by atoms with E-state index in [0.717, 1.165) is 17.4 Å². The molecule has 1 atom stereocenters. The molecule has 0 fully saturated rings. The van der Waals surface area contributed by atoms with Crippen molar-refractivity contribution >= 4 is 27.3 Å².